The average molecular weight is 390 g/mol. The van der Waals surface area contributed by atoms with Gasteiger partial charge in [-0.1, -0.05) is 65.7 Å². The van der Waals surface area contributed by atoms with Crippen LogP contribution in [-0.2, 0) is 10.5 Å². The maximum absolute atomic E-state index is 12.2. The van der Waals surface area contributed by atoms with E-state index in [4.69, 9.17) is 23.2 Å². The van der Waals surface area contributed by atoms with E-state index in [1.54, 1.807) is 17.8 Å². The van der Waals surface area contributed by atoms with Crippen LogP contribution in [0.15, 0.2) is 60.7 Å². The molecule has 0 aromatic heterocycles. The van der Waals surface area contributed by atoms with Gasteiger partial charge in [-0.25, -0.2) is 0 Å². The summed E-state index contributed by atoms with van der Waals surface area (Å²) in [5, 5.41) is 6.31. The standard InChI is InChI=1S/C20H17Cl2NOS/c21-17-9-8-14(12-18(17)22)13-25-11-10-20(24)23-19-7-3-5-15-4-1-2-6-16(15)19/h1-9,12H,10-11,13H2,(H,23,24). The molecule has 0 saturated carbocycles. The van der Waals surface area contributed by atoms with Crippen LogP contribution >= 0.6 is 35.0 Å². The molecule has 1 amide bonds. The minimum atomic E-state index is 0.0259. The lowest BCUT2D eigenvalue weighted by atomic mass is 10.1. The third kappa shape index (κ3) is 4.91. The van der Waals surface area contributed by atoms with Crippen LogP contribution in [0.2, 0.25) is 10.0 Å². The van der Waals surface area contributed by atoms with Crippen molar-refractivity contribution in [3.63, 3.8) is 0 Å². The van der Waals surface area contributed by atoms with Crippen molar-refractivity contribution >= 4 is 57.3 Å². The van der Waals surface area contributed by atoms with Crippen molar-refractivity contribution < 1.29 is 4.79 Å². The zero-order valence-electron chi connectivity index (χ0n) is 13.5. The van der Waals surface area contributed by atoms with Crippen molar-refractivity contribution in [2.45, 2.75) is 12.2 Å². The van der Waals surface area contributed by atoms with Gasteiger partial charge >= 0.3 is 0 Å². The molecular formula is C20H17Cl2NOS. The smallest absolute Gasteiger partial charge is 0.225 e. The molecule has 2 nitrogen and oxygen atoms in total. The summed E-state index contributed by atoms with van der Waals surface area (Å²) in [6.45, 7) is 0. The maximum Gasteiger partial charge on any atom is 0.225 e. The fourth-order valence-corrected chi connectivity index (χ4v) is 3.74. The summed E-state index contributed by atoms with van der Waals surface area (Å²) in [4.78, 5) is 12.2. The molecule has 25 heavy (non-hydrogen) atoms. The predicted octanol–water partition coefficient (Wildman–Crippen LogP) is 6.41. The number of rotatable bonds is 6. The average Bonchev–Trinajstić information content (AvgIpc) is 2.62. The van der Waals surface area contributed by atoms with Gasteiger partial charge in [0.25, 0.3) is 0 Å². The second kappa shape index (κ2) is 8.61. The van der Waals surface area contributed by atoms with Gasteiger partial charge in [0.05, 0.1) is 10.0 Å². The largest absolute Gasteiger partial charge is 0.325 e. The SMILES string of the molecule is O=C(CCSCc1ccc(Cl)c(Cl)c1)Nc1cccc2ccccc12. The zero-order valence-corrected chi connectivity index (χ0v) is 15.8. The van der Waals surface area contributed by atoms with Gasteiger partial charge in [-0.3, -0.25) is 4.79 Å². The highest BCUT2D eigenvalue weighted by Gasteiger charge is 2.06. The molecule has 0 aliphatic rings. The number of anilines is 1. The molecule has 0 radical (unpaired) electrons. The molecule has 128 valence electrons. The summed E-state index contributed by atoms with van der Waals surface area (Å²) in [6, 6.07) is 19.6. The minimum absolute atomic E-state index is 0.0259. The fraction of sp³-hybridized carbons (Fsp3) is 0.150. The topological polar surface area (TPSA) is 29.1 Å². The van der Waals surface area contributed by atoms with E-state index in [0.717, 1.165) is 33.5 Å². The number of carbonyl (C=O) groups is 1. The van der Waals surface area contributed by atoms with Crippen molar-refractivity contribution in [2.24, 2.45) is 0 Å². The monoisotopic (exact) mass is 389 g/mol. The van der Waals surface area contributed by atoms with Crippen molar-refractivity contribution in [1.29, 1.82) is 0 Å². The van der Waals surface area contributed by atoms with Gasteiger partial charge in [0.1, 0.15) is 0 Å². The number of nitrogens with one attached hydrogen (secondary N) is 1. The molecular weight excluding hydrogens is 373 g/mol. The highest BCUT2D eigenvalue weighted by atomic mass is 35.5. The predicted molar refractivity (Wildman–Crippen MR) is 110 cm³/mol. The van der Waals surface area contributed by atoms with E-state index in [1.165, 1.54) is 0 Å². The Labute approximate surface area is 161 Å². The summed E-state index contributed by atoms with van der Waals surface area (Å²) in [7, 11) is 0. The van der Waals surface area contributed by atoms with Gasteiger partial charge in [0.15, 0.2) is 0 Å². The number of fused-ring (bicyclic) bond motifs is 1. The Balaban J connectivity index is 1.50. The summed E-state index contributed by atoms with van der Waals surface area (Å²) < 4.78 is 0. The Morgan fingerprint density at radius 3 is 2.60 bits per heavy atom. The molecule has 5 heteroatoms. The first kappa shape index (κ1) is 18.1. The molecule has 3 aromatic carbocycles. The van der Waals surface area contributed by atoms with Crippen LogP contribution in [0, 0.1) is 0 Å². The Morgan fingerprint density at radius 1 is 0.960 bits per heavy atom. The molecule has 1 N–H and O–H groups in total. The summed E-state index contributed by atoms with van der Waals surface area (Å²) in [6.07, 6.45) is 0.467. The second-order valence-corrected chi connectivity index (χ2v) is 7.55. The Morgan fingerprint density at radius 2 is 1.76 bits per heavy atom. The number of amides is 1. The maximum atomic E-state index is 12.2. The van der Waals surface area contributed by atoms with Crippen LogP contribution in [-0.4, -0.2) is 11.7 Å². The Hall–Kier alpha value is -1.68. The van der Waals surface area contributed by atoms with Crippen molar-refractivity contribution in [3.8, 4) is 0 Å². The first-order chi connectivity index (χ1) is 12.1. The van der Waals surface area contributed by atoms with Crippen molar-refractivity contribution in [2.75, 3.05) is 11.1 Å². The fourth-order valence-electron chi connectivity index (χ4n) is 2.53. The number of halogens is 2. The van der Waals surface area contributed by atoms with E-state index in [-0.39, 0.29) is 5.91 Å². The first-order valence-corrected chi connectivity index (χ1v) is 9.84. The van der Waals surface area contributed by atoms with E-state index >= 15 is 0 Å². The third-order valence-corrected chi connectivity index (χ3v) is 5.56. The summed E-state index contributed by atoms with van der Waals surface area (Å²) in [5.74, 6) is 1.58. The van der Waals surface area contributed by atoms with Gasteiger partial charge in [-0.15, -0.1) is 0 Å². The highest BCUT2D eigenvalue weighted by Crippen LogP contribution is 2.25. The quantitative estimate of drug-likeness (QED) is 0.493. The second-order valence-electron chi connectivity index (χ2n) is 5.63. The third-order valence-electron chi connectivity index (χ3n) is 3.79. The number of benzene rings is 3. The van der Waals surface area contributed by atoms with Crippen LogP contribution < -0.4 is 5.32 Å². The van der Waals surface area contributed by atoms with Crippen molar-refractivity contribution in [3.05, 3.63) is 76.3 Å². The molecule has 0 unspecified atom stereocenters. The minimum Gasteiger partial charge on any atom is -0.325 e. The van der Waals surface area contributed by atoms with Gasteiger partial charge in [-0.2, -0.15) is 11.8 Å². The van der Waals surface area contributed by atoms with E-state index in [9.17, 15) is 4.79 Å². The normalized spacial score (nSPS) is 10.8. The zero-order chi connectivity index (χ0) is 17.6. The van der Waals surface area contributed by atoms with Crippen LogP contribution in [0.3, 0.4) is 0 Å². The molecule has 0 fully saturated rings. The number of hydrogen-bond donors (Lipinski definition) is 1. The molecule has 0 heterocycles. The lowest BCUT2D eigenvalue weighted by Crippen LogP contribution is -2.12. The molecule has 0 aliphatic heterocycles. The van der Waals surface area contributed by atoms with Crippen LogP contribution in [0.25, 0.3) is 10.8 Å². The lowest BCUT2D eigenvalue weighted by molar-refractivity contribution is -0.115. The van der Waals surface area contributed by atoms with Gasteiger partial charge in [-0.05, 0) is 29.1 Å². The highest BCUT2D eigenvalue weighted by molar-refractivity contribution is 7.98. The lowest BCUT2D eigenvalue weighted by Gasteiger charge is -2.09. The van der Waals surface area contributed by atoms with Crippen LogP contribution in [0.1, 0.15) is 12.0 Å². The first-order valence-electron chi connectivity index (χ1n) is 7.93. The van der Waals surface area contributed by atoms with Gasteiger partial charge in [0, 0.05) is 29.0 Å². The van der Waals surface area contributed by atoms with Gasteiger partial charge < -0.3 is 5.32 Å². The van der Waals surface area contributed by atoms with E-state index in [0.29, 0.717) is 16.5 Å². The van der Waals surface area contributed by atoms with Crippen LogP contribution in [0.4, 0.5) is 5.69 Å². The Bertz CT molecular complexity index is 893. The van der Waals surface area contributed by atoms with E-state index < -0.39 is 0 Å². The summed E-state index contributed by atoms with van der Waals surface area (Å²) >= 11 is 13.6. The molecule has 3 aromatic rings. The summed E-state index contributed by atoms with van der Waals surface area (Å²) in [5.41, 5.74) is 1.96. The number of hydrogen-bond acceptors (Lipinski definition) is 2. The molecule has 0 saturated heterocycles. The Kier molecular flexibility index (Phi) is 6.24. The molecule has 0 bridgehead atoms. The molecule has 0 atom stereocenters. The molecule has 3 rings (SSSR count). The van der Waals surface area contributed by atoms with Gasteiger partial charge in [0.2, 0.25) is 5.91 Å². The molecule has 0 aliphatic carbocycles. The van der Waals surface area contributed by atoms with Crippen LogP contribution in [0.5, 0.6) is 0 Å². The van der Waals surface area contributed by atoms with Crippen molar-refractivity contribution in [1.82, 2.24) is 0 Å². The molecule has 0 spiro atoms. The number of carbonyl (C=O) groups excluding carboxylic acids is 1. The number of thioether (sulfide) groups is 1. The van der Waals surface area contributed by atoms with E-state index in [1.807, 2.05) is 54.6 Å². The van der Waals surface area contributed by atoms with E-state index in [2.05, 4.69) is 5.32 Å².